The number of hydrogen-bond donors (Lipinski definition) is 0. The molecule has 1 amide bonds. The average molecular weight is 256 g/mol. The molecule has 1 saturated heterocycles. The Morgan fingerprint density at radius 1 is 1.50 bits per heavy atom. The molecule has 0 aromatic carbocycles. The minimum absolute atomic E-state index is 0.0139. The van der Waals surface area contributed by atoms with Crippen molar-refractivity contribution in [1.82, 2.24) is 4.98 Å². The van der Waals surface area contributed by atoms with Crippen molar-refractivity contribution in [3.63, 3.8) is 0 Å². The SMILES string of the molecule is C=CC1CC(=O)N(c2ccnc(C(F)(F)F)c2)C1. The molecule has 0 spiro atoms. The first-order chi connectivity index (χ1) is 8.41. The highest BCUT2D eigenvalue weighted by atomic mass is 19.4. The standard InChI is InChI=1S/C12H11F3N2O/c1-2-8-5-11(18)17(7-8)9-3-4-16-10(6-9)12(13,14)15/h2-4,6,8H,1,5,7H2. The van der Waals surface area contributed by atoms with E-state index >= 15 is 0 Å². The fraction of sp³-hybridized carbons (Fsp3) is 0.333. The van der Waals surface area contributed by atoms with Gasteiger partial charge in [0.15, 0.2) is 0 Å². The maximum Gasteiger partial charge on any atom is 0.433 e. The molecular weight excluding hydrogens is 245 g/mol. The van der Waals surface area contributed by atoms with E-state index in [1.807, 2.05) is 0 Å². The molecule has 0 bridgehead atoms. The van der Waals surface area contributed by atoms with E-state index in [1.165, 1.54) is 11.0 Å². The average Bonchev–Trinajstić information content (AvgIpc) is 2.70. The number of alkyl halides is 3. The number of anilines is 1. The van der Waals surface area contributed by atoms with Crippen LogP contribution < -0.4 is 4.90 Å². The van der Waals surface area contributed by atoms with E-state index in [-0.39, 0.29) is 23.9 Å². The van der Waals surface area contributed by atoms with Gasteiger partial charge in [-0.1, -0.05) is 6.08 Å². The van der Waals surface area contributed by atoms with E-state index in [1.54, 1.807) is 6.08 Å². The lowest BCUT2D eigenvalue weighted by Crippen LogP contribution is -2.25. The zero-order valence-corrected chi connectivity index (χ0v) is 9.44. The third-order valence-electron chi connectivity index (χ3n) is 2.83. The summed E-state index contributed by atoms with van der Waals surface area (Å²) in [7, 11) is 0. The Morgan fingerprint density at radius 3 is 2.78 bits per heavy atom. The fourth-order valence-electron chi connectivity index (χ4n) is 1.88. The second kappa shape index (κ2) is 4.44. The summed E-state index contributed by atoms with van der Waals surface area (Å²) in [5.74, 6) is -0.209. The van der Waals surface area contributed by atoms with Crippen LogP contribution >= 0.6 is 0 Å². The van der Waals surface area contributed by atoms with Gasteiger partial charge in [-0.25, -0.2) is 0 Å². The Hall–Kier alpha value is -1.85. The number of hydrogen-bond acceptors (Lipinski definition) is 2. The van der Waals surface area contributed by atoms with Gasteiger partial charge in [0.1, 0.15) is 5.69 Å². The fourth-order valence-corrected chi connectivity index (χ4v) is 1.88. The van der Waals surface area contributed by atoms with Gasteiger partial charge in [0.25, 0.3) is 0 Å². The molecule has 1 aliphatic heterocycles. The predicted molar refractivity (Wildman–Crippen MR) is 59.9 cm³/mol. The molecule has 0 saturated carbocycles. The van der Waals surface area contributed by atoms with Gasteiger partial charge in [-0.2, -0.15) is 13.2 Å². The molecule has 0 N–H and O–H groups in total. The van der Waals surface area contributed by atoms with E-state index < -0.39 is 11.9 Å². The van der Waals surface area contributed by atoms with Gasteiger partial charge in [-0.05, 0) is 12.1 Å². The third kappa shape index (κ3) is 2.37. The first kappa shape index (κ1) is 12.6. The molecule has 1 unspecified atom stereocenters. The minimum atomic E-state index is -4.50. The van der Waals surface area contributed by atoms with Crippen molar-refractivity contribution >= 4 is 11.6 Å². The highest BCUT2D eigenvalue weighted by molar-refractivity contribution is 5.95. The van der Waals surface area contributed by atoms with Crippen LogP contribution in [0.25, 0.3) is 0 Å². The predicted octanol–water partition coefficient (Wildman–Crippen LogP) is 2.64. The van der Waals surface area contributed by atoms with Crippen molar-refractivity contribution in [1.29, 1.82) is 0 Å². The number of amides is 1. The summed E-state index contributed by atoms with van der Waals surface area (Å²) >= 11 is 0. The number of rotatable bonds is 2. The van der Waals surface area contributed by atoms with Gasteiger partial charge in [0, 0.05) is 30.8 Å². The molecule has 96 valence electrons. The summed E-state index contributed by atoms with van der Waals surface area (Å²) in [5.41, 5.74) is -0.762. The lowest BCUT2D eigenvalue weighted by atomic mass is 10.1. The van der Waals surface area contributed by atoms with Crippen LogP contribution in [0.3, 0.4) is 0 Å². The van der Waals surface area contributed by atoms with E-state index in [0.29, 0.717) is 6.54 Å². The van der Waals surface area contributed by atoms with Gasteiger partial charge in [0.2, 0.25) is 5.91 Å². The molecule has 1 aromatic heterocycles. The highest BCUT2D eigenvalue weighted by Crippen LogP contribution is 2.31. The zero-order chi connectivity index (χ0) is 13.3. The number of nitrogens with zero attached hydrogens (tertiary/aromatic N) is 2. The summed E-state index contributed by atoms with van der Waals surface area (Å²) in [4.78, 5) is 16.3. The summed E-state index contributed by atoms with van der Waals surface area (Å²) in [6.07, 6.45) is -1.51. The Balaban J connectivity index is 2.29. The topological polar surface area (TPSA) is 33.2 Å². The molecular formula is C12H11F3N2O. The van der Waals surface area contributed by atoms with Gasteiger partial charge >= 0.3 is 6.18 Å². The largest absolute Gasteiger partial charge is 0.433 e. The lowest BCUT2D eigenvalue weighted by Gasteiger charge is -2.17. The van der Waals surface area contributed by atoms with Crippen LogP contribution in [-0.4, -0.2) is 17.4 Å². The van der Waals surface area contributed by atoms with E-state index in [9.17, 15) is 18.0 Å². The maximum atomic E-state index is 12.5. The Morgan fingerprint density at radius 2 is 2.22 bits per heavy atom. The van der Waals surface area contributed by atoms with Crippen LogP contribution in [0, 0.1) is 5.92 Å². The summed E-state index contributed by atoms with van der Waals surface area (Å²) in [6, 6.07) is 2.29. The van der Waals surface area contributed by atoms with Crippen LogP contribution in [0.5, 0.6) is 0 Å². The summed E-state index contributed by atoms with van der Waals surface area (Å²) in [6.45, 7) is 3.96. The number of carbonyl (C=O) groups is 1. The van der Waals surface area contributed by atoms with E-state index in [4.69, 9.17) is 0 Å². The molecule has 6 heteroatoms. The molecule has 1 aliphatic rings. The quantitative estimate of drug-likeness (QED) is 0.762. The Bertz CT molecular complexity index is 484. The number of pyridine rings is 1. The van der Waals surface area contributed by atoms with Gasteiger partial charge < -0.3 is 4.90 Å². The second-order valence-corrected chi connectivity index (χ2v) is 4.10. The molecule has 0 radical (unpaired) electrons. The van der Waals surface area contributed by atoms with Crippen molar-refractivity contribution in [3.05, 3.63) is 36.7 Å². The van der Waals surface area contributed by atoms with Crippen LogP contribution in [-0.2, 0) is 11.0 Å². The molecule has 18 heavy (non-hydrogen) atoms. The van der Waals surface area contributed by atoms with Crippen molar-refractivity contribution in [2.75, 3.05) is 11.4 Å². The third-order valence-corrected chi connectivity index (χ3v) is 2.83. The molecule has 2 heterocycles. The Labute approximate surface area is 102 Å². The molecule has 2 rings (SSSR count). The van der Waals surface area contributed by atoms with Crippen LogP contribution in [0.1, 0.15) is 12.1 Å². The lowest BCUT2D eigenvalue weighted by molar-refractivity contribution is -0.141. The van der Waals surface area contributed by atoms with Crippen molar-refractivity contribution in [2.24, 2.45) is 5.92 Å². The van der Waals surface area contributed by atoms with Crippen LogP contribution in [0.15, 0.2) is 31.0 Å². The van der Waals surface area contributed by atoms with E-state index in [2.05, 4.69) is 11.6 Å². The monoisotopic (exact) mass is 256 g/mol. The highest BCUT2D eigenvalue weighted by Gasteiger charge is 2.34. The normalized spacial score (nSPS) is 20.3. The molecule has 3 nitrogen and oxygen atoms in total. The van der Waals surface area contributed by atoms with Gasteiger partial charge in [-0.15, -0.1) is 6.58 Å². The number of carbonyl (C=O) groups excluding carboxylic acids is 1. The van der Waals surface area contributed by atoms with Crippen LogP contribution in [0.4, 0.5) is 18.9 Å². The summed E-state index contributed by atoms with van der Waals surface area (Å²) < 4.78 is 37.5. The van der Waals surface area contributed by atoms with Crippen molar-refractivity contribution in [2.45, 2.75) is 12.6 Å². The molecule has 0 aliphatic carbocycles. The molecule has 1 aromatic rings. The Kier molecular flexibility index (Phi) is 3.11. The van der Waals surface area contributed by atoms with Gasteiger partial charge in [-0.3, -0.25) is 9.78 Å². The first-order valence-corrected chi connectivity index (χ1v) is 5.38. The zero-order valence-electron chi connectivity index (χ0n) is 9.44. The van der Waals surface area contributed by atoms with Crippen molar-refractivity contribution < 1.29 is 18.0 Å². The summed E-state index contributed by atoms with van der Waals surface area (Å²) in [5, 5.41) is 0. The second-order valence-electron chi connectivity index (χ2n) is 4.10. The first-order valence-electron chi connectivity index (χ1n) is 5.38. The van der Waals surface area contributed by atoms with Crippen LogP contribution in [0.2, 0.25) is 0 Å². The molecule has 1 fully saturated rings. The minimum Gasteiger partial charge on any atom is -0.312 e. The molecule has 1 atom stereocenters. The maximum absolute atomic E-state index is 12.5. The van der Waals surface area contributed by atoms with Gasteiger partial charge in [0.05, 0.1) is 0 Å². The van der Waals surface area contributed by atoms with Crippen molar-refractivity contribution in [3.8, 4) is 0 Å². The smallest absolute Gasteiger partial charge is 0.312 e. The number of halogens is 3. The number of aromatic nitrogens is 1. The van der Waals surface area contributed by atoms with E-state index in [0.717, 1.165) is 12.3 Å².